The van der Waals surface area contributed by atoms with Crippen molar-refractivity contribution in [1.29, 1.82) is 0 Å². The van der Waals surface area contributed by atoms with Gasteiger partial charge in [0, 0.05) is 23.2 Å². The Morgan fingerprint density at radius 2 is 1.57 bits per heavy atom. The largest absolute Gasteiger partial charge is 0.452 e. The van der Waals surface area contributed by atoms with E-state index in [1.165, 1.54) is 28.6 Å². The number of benzene rings is 2. The third-order valence-corrected chi connectivity index (χ3v) is 6.49. The van der Waals surface area contributed by atoms with Gasteiger partial charge in [0.2, 0.25) is 10.0 Å². The van der Waals surface area contributed by atoms with Crippen LogP contribution in [0.25, 0.3) is 0 Å². The van der Waals surface area contributed by atoms with Crippen LogP contribution in [0.2, 0.25) is 0 Å². The van der Waals surface area contributed by atoms with Crippen molar-refractivity contribution in [1.82, 2.24) is 4.31 Å². The third-order valence-electron chi connectivity index (χ3n) is 3.90. The summed E-state index contributed by atoms with van der Waals surface area (Å²) in [6.45, 7) is 3.84. The monoisotopic (exact) mass is 468 g/mol. The number of nitrogens with zero attached hydrogens (tertiary/aromatic N) is 1. The Bertz CT molecular complexity index is 924. The number of ether oxygens (including phenoxy) is 1. The number of carbonyl (C=O) groups excluding carboxylic acids is 2. The average Bonchev–Trinajstić information content (AvgIpc) is 2.68. The average molecular weight is 469 g/mol. The fourth-order valence-electron chi connectivity index (χ4n) is 2.42. The molecule has 28 heavy (non-hydrogen) atoms. The fourth-order valence-corrected chi connectivity index (χ4v) is 4.14. The van der Waals surface area contributed by atoms with Gasteiger partial charge >= 0.3 is 5.97 Å². The highest BCUT2D eigenvalue weighted by molar-refractivity contribution is 9.10. The normalized spacial score (nSPS) is 11.3. The first-order chi connectivity index (χ1) is 13.3. The van der Waals surface area contributed by atoms with Crippen molar-refractivity contribution in [3.63, 3.8) is 0 Å². The second-order valence-corrected chi connectivity index (χ2v) is 8.60. The molecule has 0 aliphatic rings. The van der Waals surface area contributed by atoms with Crippen molar-refractivity contribution in [2.24, 2.45) is 0 Å². The van der Waals surface area contributed by atoms with Crippen LogP contribution in [-0.4, -0.2) is 44.3 Å². The molecule has 9 heteroatoms. The topological polar surface area (TPSA) is 92.8 Å². The van der Waals surface area contributed by atoms with Crippen molar-refractivity contribution in [3.05, 3.63) is 58.6 Å². The maximum absolute atomic E-state index is 12.4. The Morgan fingerprint density at radius 3 is 2.11 bits per heavy atom. The van der Waals surface area contributed by atoms with Crippen LogP contribution in [0.4, 0.5) is 5.69 Å². The zero-order valence-electron chi connectivity index (χ0n) is 15.5. The predicted molar refractivity (Wildman–Crippen MR) is 110 cm³/mol. The smallest absolute Gasteiger partial charge is 0.338 e. The van der Waals surface area contributed by atoms with E-state index in [-0.39, 0.29) is 4.90 Å². The summed E-state index contributed by atoms with van der Waals surface area (Å²) in [5.41, 5.74) is 0.741. The minimum absolute atomic E-state index is 0.149. The van der Waals surface area contributed by atoms with Crippen molar-refractivity contribution < 1.29 is 22.7 Å². The number of amides is 1. The van der Waals surface area contributed by atoms with E-state index in [0.717, 1.165) is 4.47 Å². The van der Waals surface area contributed by atoms with Crippen LogP contribution >= 0.6 is 15.9 Å². The van der Waals surface area contributed by atoms with Gasteiger partial charge in [-0.1, -0.05) is 29.8 Å². The van der Waals surface area contributed by atoms with Crippen LogP contribution in [0.5, 0.6) is 0 Å². The summed E-state index contributed by atoms with van der Waals surface area (Å²) in [7, 11) is -3.55. The molecule has 0 aliphatic carbocycles. The van der Waals surface area contributed by atoms with E-state index in [1.807, 2.05) is 0 Å². The molecule has 0 saturated heterocycles. The molecule has 0 fully saturated rings. The van der Waals surface area contributed by atoms with Crippen LogP contribution in [0.1, 0.15) is 24.2 Å². The number of anilines is 1. The van der Waals surface area contributed by atoms with Gasteiger partial charge in [0.1, 0.15) is 0 Å². The molecule has 0 spiro atoms. The maximum Gasteiger partial charge on any atom is 0.338 e. The van der Waals surface area contributed by atoms with Gasteiger partial charge in [-0.25, -0.2) is 13.2 Å². The Hall–Kier alpha value is -2.23. The van der Waals surface area contributed by atoms with E-state index < -0.39 is 28.5 Å². The Kier molecular flexibility index (Phi) is 7.73. The summed E-state index contributed by atoms with van der Waals surface area (Å²) in [5.74, 6) is -1.13. The highest BCUT2D eigenvalue weighted by Gasteiger charge is 2.21. The summed E-state index contributed by atoms with van der Waals surface area (Å²) >= 11 is 3.27. The van der Waals surface area contributed by atoms with Crippen LogP contribution < -0.4 is 5.32 Å². The molecule has 0 aromatic heterocycles. The Balaban J connectivity index is 1.94. The number of rotatable bonds is 8. The van der Waals surface area contributed by atoms with E-state index in [2.05, 4.69) is 21.2 Å². The number of halogens is 1. The maximum atomic E-state index is 12.4. The summed E-state index contributed by atoms with van der Waals surface area (Å²) in [6, 6.07) is 12.4. The molecule has 150 valence electrons. The number of hydrogen-bond donors (Lipinski definition) is 1. The number of hydrogen-bond acceptors (Lipinski definition) is 5. The van der Waals surface area contributed by atoms with Crippen LogP contribution in [-0.2, 0) is 19.6 Å². The molecule has 0 bridgehead atoms. The highest BCUT2D eigenvalue weighted by atomic mass is 79.9. The second-order valence-electron chi connectivity index (χ2n) is 5.74. The fraction of sp³-hybridized carbons (Fsp3) is 0.263. The van der Waals surface area contributed by atoms with Crippen LogP contribution in [0.15, 0.2) is 57.9 Å². The lowest BCUT2D eigenvalue weighted by atomic mass is 10.2. The van der Waals surface area contributed by atoms with E-state index in [9.17, 15) is 18.0 Å². The van der Waals surface area contributed by atoms with E-state index in [0.29, 0.717) is 24.3 Å². The molecule has 7 nitrogen and oxygen atoms in total. The minimum Gasteiger partial charge on any atom is -0.452 e. The molecule has 1 N–H and O–H groups in total. The molecule has 0 aliphatic heterocycles. The lowest BCUT2D eigenvalue weighted by Gasteiger charge is -2.18. The first-order valence-electron chi connectivity index (χ1n) is 8.60. The minimum atomic E-state index is -3.55. The molecule has 0 heterocycles. The van der Waals surface area contributed by atoms with E-state index >= 15 is 0 Å². The summed E-state index contributed by atoms with van der Waals surface area (Å²) < 4.78 is 32.0. The highest BCUT2D eigenvalue weighted by Crippen LogP contribution is 2.18. The number of sulfonamides is 1. The lowest BCUT2D eigenvalue weighted by Crippen LogP contribution is -2.30. The quantitative estimate of drug-likeness (QED) is 0.600. The molecule has 0 unspecified atom stereocenters. The second kappa shape index (κ2) is 9.81. The van der Waals surface area contributed by atoms with Crippen LogP contribution in [0, 0.1) is 0 Å². The summed E-state index contributed by atoms with van der Waals surface area (Å²) in [5, 5.41) is 2.56. The molecule has 1 amide bonds. The lowest BCUT2D eigenvalue weighted by molar-refractivity contribution is -0.119. The predicted octanol–water partition coefficient (Wildman–Crippen LogP) is 3.28. The van der Waals surface area contributed by atoms with Gasteiger partial charge in [0.05, 0.1) is 10.5 Å². The zero-order valence-corrected chi connectivity index (χ0v) is 17.9. The number of nitrogens with one attached hydrogen (secondary N) is 1. The van der Waals surface area contributed by atoms with Gasteiger partial charge in [0.15, 0.2) is 6.61 Å². The van der Waals surface area contributed by atoms with Crippen LogP contribution in [0.3, 0.4) is 0 Å². The molecule has 0 saturated carbocycles. The van der Waals surface area contributed by atoms with Gasteiger partial charge in [0.25, 0.3) is 5.91 Å². The molecular formula is C19H21BrN2O5S. The van der Waals surface area contributed by atoms with Crippen molar-refractivity contribution in [3.8, 4) is 0 Å². The standard InChI is InChI=1S/C19H21BrN2O5S/c1-3-22(4-2)28(25,26)17-11-9-16(10-12-17)21-18(23)13-27-19(24)14-5-7-15(20)8-6-14/h5-12H,3-4,13H2,1-2H3,(H,21,23). The molecule has 0 radical (unpaired) electrons. The SMILES string of the molecule is CCN(CC)S(=O)(=O)c1ccc(NC(=O)COC(=O)c2ccc(Br)cc2)cc1. The Labute approximate surface area is 172 Å². The molecule has 2 aromatic rings. The van der Waals surface area contributed by atoms with Gasteiger partial charge in [-0.2, -0.15) is 4.31 Å². The summed E-state index contributed by atoms with van der Waals surface area (Å²) in [6.07, 6.45) is 0. The molecule has 2 rings (SSSR count). The van der Waals surface area contributed by atoms with Gasteiger partial charge in [-0.15, -0.1) is 0 Å². The third kappa shape index (κ3) is 5.63. The van der Waals surface area contributed by atoms with E-state index in [1.54, 1.807) is 38.1 Å². The van der Waals surface area contributed by atoms with Crippen molar-refractivity contribution >= 4 is 43.5 Å². The first kappa shape index (κ1) is 22.1. The van der Waals surface area contributed by atoms with E-state index in [4.69, 9.17) is 4.74 Å². The zero-order chi connectivity index (χ0) is 20.7. The van der Waals surface area contributed by atoms with Gasteiger partial charge in [-0.05, 0) is 48.5 Å². The molecular weight excluding hydrogens is 448 g/mol. The molecule has 0 atom stereocenters. The summed E-state index contributed by atoms with van der Waals surface area (Å²) in [4.78, 5) is 24.0. The Morgan fingerprint density at radius 1 is 1.00 bits per heavy atom. The van der Waals surface area contributed by atoms with Crippen molar-refractivity contribution in [2.45, 2.75) is 18.7 Å². The number of esters is 1. The number of carbonyl (C=O) groups is 2. The van der Waals surface area contributed by atoms with Gasteiger partial charge < -0.3 is 10.1 Å². The van der Waals surface area contributed by atoms with Gasteiger partial charge in [-0.3, -0.25) is 4.79 Å². The molecule has 2 aromatic carbocycles. The van der Waals surface area contributed by atoms with Crippen molar-refractivity contribution in [2.75, 3.05) is 25.0 Å². The first-order valence-corrected chi connectivity index (χ1v) is 10.8.